The molecule has 3 aromatic rings. The number of nitro groups is 1. The van der Waals surface area contributed by atoms with Crippen molar-refractivity contribution in [3.8, 4) is 0 Å². The third-order valence-electron chi connectivity index (χ3n) is 5.67. The van der Waals surface area contributed by atoms with Crippen LogP contribution in [0.15, 0.2) is 46.9 Å². The number of hydrogen-bond donors (Lipinski definition) is 1. The monoisotopic (exact) mass is 484 g/mol. The molecule has 1 aliphatic carbocycles. The number of carbonyl (C=O) groups is 1. The van der Waals surface area contributed by atoms with Crippen molar-refractivity contribution >= 4 is 50.6 Å². The summed E-state index contributed by atoms with van der Waals surface area (Å²) >= 11 is 2.76. The average molecular weight is 485 g/mol. The van der Waals surface area contributed by atoms with Crippen molar-refractivity contribution in [2.24, 2.45) is 5.92 Å². The zero-order valence-corrected chi connectivity index (χ0v) is 20.0. The summed E-state index contributed by atoms with van der Waals surface area (Å²) < 4.78 is 1.57. The molecule has 172 valence electrons. The Morgan fingerprint density at radius 1 is 1.52 bits per heavy atom. The van der Waals surface area contributed by atoms with Gasteiger partial charge in [-0.2, -0.15) is 0 Å². The van der Waals surface area contributed by atoms with Crippen LogP contribution < -0.4 is 10.9 Å². The third kappa shape index (κ3) is 4.72. The van der Waals surface area contributed by atoms with Crippen LogP contribution in [0.5, 0.6) is 0 Å². The lowest BCUT2D eigenvalue weighted by atomic mass is 9.89. The molecule has 10 heteroatoms. The lowest BCUT2D eigenvalue weighted by Crippen LogP contribution is -2.27. The SMILES string of the molecule is C=CCn1c(SC(C)C(=O)Nc2cccc([N+](=O)[O-])c2)nc2sc3c(c2c1=O)CCC(C)C3. The number of carbonyl (C=O) groups excluding carboxylic acids is 1. The molecule has 8 nitrogen and oxygen atoms in total. The molecule has 1 aromatic carbocycles. The van der Waals surface area contributed by atoms with Gasteiger partial charge in [-0.1, -0.05) is 30.8 Å². The fraction of sp³-hybridized carbons (Fsp3) is 0.348. The predicted molar refractivity (Wildman–Crippen MR) is 132 cm³/mol. The summed E-state index contributed by atoms with van der Waals surface area (Å²) in [7, 11) is 0. The number of anilines is 1. The molecule has 0 radical (unpaired) electrons. The van der Waals surface area contributed by atoms with Gasteiger partial charge >= 0.3 is 0 Å². The maximum absolute atomic E-state index is 13.4. The molecule has 4 rings (SSSR count). The minimum Gasteiger partial charge on any atom is -0.325 e. The molecule has 1 aliphatic rings. The number of benzene rings is 1. The lowest BCUT2D eigenvalue weighted by molar-refractivity contribution is -0.384. The van der Waals surface area contributed by atoms with Gasteiger partial charge in [-0.15, -0.1) is 17.9 Å². The number of nitrogens with one attached hydrogen (secondary N) is 1. The van der Waals surface area contributed by atoms with Gasteiger partial charge in [-0.3, -0.25) is 24.3 Å². The second kappa shape index (κ2) is 9.48. The highest BCUT2D eigenvalue weighted by molar-refractivity contribution is 8.00. The summed E-state index contributed by atoms with van der Waals surface area (Å²) in [5.74, 6) is 0.256. The van der Waals surface area contributed by atoms with Crippen LogP contribution in [-0.4, -0.2) is 25.6 Å². The van der Waals surface area contributed by atoms with Crippen molar-refractivity contribution < 1.29 is 9.72 Å². The third-order valence-corrected chi connectivity index (χ3v) is 7.91. The minimum absolute atomic E-state index is 0.0965. The van der Waals surface area contributed by atoms with Gasteiger partial charge in [0.05, 0.1) is 15.6 Å². The van der Waals surface area contributed by atoms with Gasteiger partial charge in [0.15, 0.2) is 5.16 Å². The zero-order valence-electron chi connectivity index (χ0n) is 18.4. The number of thioether (sulfide) groups is 1. The van der Waals surface area contributed by atoms with Crippen LogP contribution in [-0.2, 0) is 24.2 Å². The first-order valence-electron chi connectivity index (χ1n) is 10.7. The van der Waals surface area contributed by atoms with Crippen LogP contribution in [0, 0.1) is 16.0 Å². The van der Waals surface area contributed by atoms with Crippen molar-refractivity contribution in [1.29, 1.82) is 0 Å². The zero-order chi connectivity index (χ0) is 23.7. The van der Waals surface area contributed by atoms with E-state index in [9.17, 15) is 19.7 Å². The molecule has 2 heterocycles. The summed E-state index contributed by atoms with van der Waals surface area (Å²) in [5.41, 5.74) is 1.27. The molecule has 1 N–H and O–H groups in total. The molecule has 2 unspecified atom stereocenters. The van der Waals surface area contributed by atoms with Gasteiger partial charge in [0.2, 0.25) is 5.91 Å². The topological polar surface area (TPSA) is 107 Å². The first-order valence-corrected chi connectivity index (χ1v) is 12.4. The number of amides is 1. The molecule has 0 saturated heterocycles. The number of rotatable bonds is 7. The van der Waals surface area contributed by atoms with Crippen LogP contribution >= 0.6 is 23.1 Å². The van der Waals surface area contributed by atoms with Gasteiger partial charge in [-0.25, -0.2) is 4.98 Å². The Labute approximate surface area is 198 Å². The average Bonchev–Trinajstić information content (AvgIpc) is 3.13. The van der Waals surface area contributed by atoms with E-state index in [4.69, 9.17) is 4.98 Å². The Morgan fingerprint density at radius 2 is 2.30 bits per heavy atom. The quantitative estimate of drug-likeness (QED) is 0.170. The van der Waals surface area contributed by atoms with Crippen molar-refractivity contribution in [1.82, 2.24) is 9.55 Å². The second-order valence-corrected chi connectivity index (χ2v) is 10.6. The van der Waals surface area contributed by atoms with E-state index < -0.39 is 10.2 Å². The van der Waals surface area contributed by atoms with Crippen LogP contribution in [0.4, 0.5) is 11.4 Å². The van der Waals surface area contributed by atoms with E-state index in [2.05, 4.69) is 18.8 Å². The van der Waals surface area contributed by atoms with Crippen LogP contribution in [0.3, 0.4) is 0 Å². The Bertz CT molecular complexity index is 1310. The van der Waals surface area contributed by atoms with Crippen molar-refractivity contribution in [2.75, 3.05) is 5.32 Å². The van der Waals surface area contributed by atoms with E-state index in [0.717, 1.165) is 24.8 Å². The van der Waals surface area contributed by atoms with E-state index >= 15 is 0 Å². The number of non-ortho nitro benzene ring substituents is 1. The number of nitrogens with zero attached hydrogens (tertiary/aromatic N) is 3. The number of hydrogen-bond acceptors (Lipinski definition) is 7. The molecule has 0 saturated carbocycles. The van der Waals surface area contributed by atoms with Crippen LogP contribution in [0.2, 0.25) is 0 Å². The highest BCUT2D eigenvalue weighted by atomic mass is 32.2. The maximum atomic E-state index is 13.4. The van der Waals surface area contributed by atoms with Gasteiger partial charge in [0, 0.05) is 29.2 Å². The fourth-order valence-electron chi connectivity index (χ4n) is 3.94. The summed E-state index contributed by atoms with van der Waals surface area (Å²) in [4.78, 5) is 43.4. The van der Waals surface area contributed by atoms with E-state index in [1.54, 1.807) is 35.0 Å². The van der Waals surface area contributed by atoms with Gasteiger partial charge in [0.25, 0.3) is 11.2 Å². The number of aromatic nitrogens is 2. The first kappa shape index (κ1) is 23.2. The Morgan fingerprint density at radius 3 is 3.03 bits per heavy atom. The van der Waals surface area contributed by atoms with Crippen molar-refractivity contribution in [3.05, 3.63) is 67.8 Å². The number of thiophene rings is 1. The molecule has 0 fully saturated rings. The first-order chi connectivity index (χ1) is 15.8. The normalized spacial score (nSPS) is 16.2. The van der Waals surface area contributed by atoms with Crippen molar-refractivity contribution in [2.45, 2.75) is 50.1 Å². The van der Waals surface area contributed by atoms with Crippen LogP contribution in [0.25, 0.3) is 10.2 Å². The molecule has 0 bridgehead atoms. The van der Waals surface area contributed by atoms with Crippen LogP contribution in [0.1, 0.15) is 30.7 Å². The summed E-state index contributed by atoms with van der Waals surface area (Å²) in [5, 5.41) is 14.3. The van der Waals surface area contributed by atoms with Crippen molar-refractivity contribution in [3.63, 3.8) is 0 Å². The molecular formula is C23H24N4O4S2. The largest absolute Gasteiger partial charge is 0.325 e. The smallest absolute Gasteiger partial charge is 0.271 e. The Kier molecular flexibility index (Phi) is 6.66. The maximum Gasteiger partial charge on any atom is 0.271 e. The molecule has 0 aliphatic heterocycles. The minimum atomic E-state index is -0.584. The molecule has 0 spiro atoms. The van der Waals surface area contributed by atoms with E-state index in [-0.39, 0.29) is 17.2 Å². The Hall–Kier alpha value is -2.98. The Balaban J connectivity index is 1.63. The van der Waals surface area contributed by atoms with E-state index in [0.29, 0.717) is 33.5 Å². The second-order valence-electron chi connectivity index (χ2n) is 8.19. The molecular weight excluding hydrogens is 460 g/mol. The fourth-order valence-corrected chi connectivity index (χ4v) is 6.28. The molecule has 2 atom stereocenters. The number of fused-ring (bicyclic) bond motifs is 3. The molecule has 1 amide bonds. The molecule has 2 aromatic heterocycles. The number of allylic oxidation sites excluding steroid dienone is 1. The number of nitro benzene ring substituents is 1. The van der Waals surface area contributed by atoms with Gasteiger partial charge in [0.1, 0.15) is 4.83 Å². The van der Waals surface area contributed by atoms with Gasteiger partial charge < -0.3 is 5.32 Å². The summed E-state index contributed by atoms with van der Waals surface area (Å²) in [6.07, 6.45) is 4.55. The lowest BCUT2D eigenvalue weighted by Gasteiger charge is -2.18. The number of aryl methyl sites for hydroxylation is 1. The van der Waals surface area contributed by atoms with E-state index in [1.807, 2.05) is 0 Å². The van der Waals surface area contributed by atoms with E-state index in [1.165, 1.54) is 34.8 Å². The van der Waals surface area contributed by atoms with Gasteiger partial charge in [-0.05, 0) is 43.7 Å². The predicted octanol–water partition coefficient (Wildman–Crippen LogP) is 4.80. The summed E-state index contributed by atoms with van der Waals surface area (Å²) in [6, 6.07) is 5.78. The standard InChI is InChI=1S/C23H24N4O4S2/c1-4-10-26-22(29)19-17-9-8-13(2)11-18(17)33-21(19)25-23(26)32-14(3)20(28)24-15-6-5-7-16(12-15)27(30)31/h4-7,12-14H,1,8-11H2,2-3H3,(H,24,28). The molecule has 33 heavy (non-hydrogen) atoms. The highest BCUT2D eigenvalue weighted by Gasteiger charge is 2.26. The highest BCUT2D eigenvalue weighted by Crippen LogP contribution is 2.37. The summed E-state index contributed by atoms with van der Waals surface area (Å²) in [6.45, 7) is 8.00.